The maximum Gasteiger partial charge on any atom is 0.264 e. The van der Waals surface area contributed by atoms with Crippen LogP contribution in [-0.2, 0) is 16.6 Å². The normalized spacial score (nSPS) is 12.2. The number of para-hydroxylation sites is 1. The van der Waals surface area contributed by atoms with E-state index in [4.69, 9.17) is 25.8 Å². The summed E-state index contributed by atoms with van der Waals surface area (Å²) in [6, 6.07) is 19.7. The molecule has 0 aromatic heterocycles. The molecular formula is C31H27ClF2N2O6S. The molecule has 0 spiro atoms. The minimum absolute atomic E-state index is 0.115. The summed E-state index contributed by atoms with van der Waals surface area (Å²) in [6.07, 6.45) is 0.465. The second-order valence-electron chi connectivity index (χ2n) is 9.67. The highest BCUT2D eigenvalue weighted by atomic mass is 35.5. The Morgan fingerprint density at radius 1 is 0.953 bits per heavy atom. The van der Waals surface area contributed by atoms with Crippen molar-refractivity contribution in [1.82, 2.24) is 4.90 Å². The van der Waals surface area contributed by atoms with Crippen LogP contribution in [0.15, 0.2) is 89.8 Å². The van der Waals surface area contributed by atoms with Crippen molar-refractivity contribution >= 4 is 33.2 Å². The van der Waals surface area contributed by atoms with Crippen molar-refractivity contribution < 1.29 is 36.2 Å². The number of amides is 1. The molecule has 1 aliphatic heterocycles. The first kappa shape index (κ1) is 30.1. The van der Waals surface area contributed by atoms with Crippen molar-refractivity contribution in [2.24, 2.45) is 0 Å². The summed E-state index contributed by atoms with van der Waals surface area (Å²) >= 11 is 5.94. The predicted octanol–water partition coefficient (Wildman–Crippen LogP) is 6.28. The van der Waals surface area contributed by atoms with Crippen molar-refractivity contribution in [1.29, 1.82) is 0 Å². The van der Waals surface area contributed by atoms with E-state index >= 15 is 0 Å². The number of anilines is 1. The maximum absolute atomic E-state index is 14.9. The highest BCUT2D eigenvalue weighted by Crippen LogP contribution is 2.33. The van der Waals surface area contributed by atoms with Crippen molar-refractivity contribution in [3.05, 3.63) is 113 Å². The second-order valence-corrected chi connectivity index (χ2v) is 12.0. The molecule has 4 aromatic carbocycles. The maximum atomic E-state index is 14.9. The minimum atomic E-state index is -4.35. The first-order valence-corrected chi connectivity index (χ1v) is 15.0. The molecule has 224 valence electrons. The number of sulfonamides is 1. The Bertz CT molecular complexity index is 1740. The highest BCUT2D eigenvalue weighted by Gasteiger charge is 2.29. The number of benzene rings is 4. The van der Waals surface area contributed by atoms with Crippen molar-refractivity contribution in [3.63, 3.8) is 0 Å². The Morgan fingerprint density at radius 2 is 1.70 bits per heavy atom. The highest BCUT2D eigenvalue weighted by molar-refractivity contribution is 7.92. The van der Waals surface area contributed by atoms with Crippen LogP contribution in [0.3, 0.4) is 0 Å². The fraction of sp³-hybridized carbons (Fsp3) is 0.194. The molecule has 0 atom stereocenters. The van der Waals surface area contributed by atoms with E-state index in [9.17, 15) is 22.0 Å². The zero-order valence-corrected chi connectivity index (χ0v) is 24.6. The quantitative estimate of drug-likeness (QED) is 0.182. The number of halogens is 3. The van der Waals surface area contributed by atoms with E-state index in [0.29, 0.717) is 46.4 Å². The van der Waals surface area contributed by atoms with Gasteiger partial charge in [0.2, 0.25) is 6.79 Å². The summed E-state index contributed by atoms with van der Waals surface area (Å²) in [7, 11) is -2.68. The Balaban J connectivity index is 1.30. The number of hydrogen-bond donors (Lipinski definition) is 0. The largest absolute Gasteiger partial charge is 0.493 e. The minimum Gasteiger partial charge on any atom is -0.493 e. The van der Waals surface area contributed by atoms with E-state index in [0.717, 1.165) is 22.5 Å². The monoisotopic (exact) mass is 628 g/mol. The lowest BCUT2D eigenvalue weighted by Crippen LogP contribution is -2.31. The Morgan fingerprint density at radius 3 is 2.49 bits per heavy atom. The van der Waals surface area contributed by atoms with Gasteiger partial charge in [-0.2, -0.15) is 0 Å². The standard InChI is InChI=1S/C31H27ClF2N2O6S/c1-35(31(37)21-7-14-29-30(17-21)42-20-41-29)15-4-16-40-28-6-3-2-5-22(28)19-36(27-18-24(33)10-13-26(27)34)43(38,39)25-11-8-23(32)9-12-25/h2-3,5-14,17-18H,4,15-16,19-20H2,1H3. The van der Waals surface area contributed by atoms with E-state index < -0.39 is 27.3 Å². The van der Waals surface area contributed by atoms with Crippen LogP contribution in [0.1, 0.15) is 22.3 Å². The zero-order valence-electron chi connectivity index (χ0n) is 23.0. The number of nitrogens with zero attached hydrogens (tertiary/aromatic N) is 2. The van der Waals surface area contributed by atoms with Gasteiger partial charge in [-0.15, -0.1) is 0 Å². The molecule has 0 fully saturated rings. The van der Waals surface area contributed by atoms with E-state index in [1.807, 2.05) is 0 Å². The van der Waals surface area contributed by atoms with Crippen LogP contribution in [-0.4, -0.2) is 46.2 Å². The van der Waals surface area contributed by atoms with Crippen molar-refractivity contribution in [2.45, 2.75) is 17.9 Å². The number of carbonyl (C=O) groups is 1. The van der Waals surface area contributed by atoms with E-state index in [-0.39, 0.29) is 30.7 Å². The third kappa shape index (κ3) is 6.84. The average molecular weight is 629 g/mol. The fourth-order valence-corrected chi connectivity index (χ4v) is 6.04. The molecule has 0 unspecified atom stereocenters. The van der Waals surface area contributed by atoms with E-state index in [1.165, 1.54) is 24.3 Å². The van der Waals surface area contributed by atoms with Crippen LogP contribution in [0.25, 0.3) is 0 Å². The van der Waals surface area contributed by atoms with Gasteiger partial charge in [0.05, 0.1) is 23.7 Å². The van der Waals surface area contributed by atoms with Crippen LogP contribution >= 0.6 is 11.6 Å². The molecule has 0 N–H and O–H groups in total. The molecule has 1 amide bonds. The van der Waals surface area contributed by atoms with Gasteiger partial charge in [-0.25, -0.2) is 17.2 Å². The van der Waals surface area contributed by atoms with Crippen LogP contribution in [0, 0.1) is 11.6 Å². The van der Waals surface area contributed by atoms with Gasteiger partial charge < -0.3 is 19.1 Å². The fourth-order valence-electron chi connectivity index (χ4n) is 4.48. The van der Waals surface area contributed by atoms with Crippen LogP contribution < -0.4 is 18.5 Å². The van der Waals surface area contributed by atoms with E-state index in [1.54, 1.807) is 54.4 Å². The lowest BCUT2D eigenvalue weighted by molar-refractivity contribution is 0.0787. The van der Waals surface area contributed by atoms with Gasteiger partial charge in [-0.1, -0.05) is 29.8 Å². The van der Waals surface area contributed by atoms with Crippen LogP contribution in [0.5, 0.6) is 17.2 Å². The molecule has 4 aromatic rings. The number of carbonyl (C=O) groups excluding carboxylic acids is 1. The molecule has 0 saturated heterocycles. The summed E-state index contributed by atoms with van der Waals surface area (Å²) in [6.45, 7) is 0.350. The molecule has 0 aliphatic carbocycles. The van der Waals surface area contributed by atoms with Crippen molar-refractivity contribution in [2.75, 3.05) is 31.3 Å². The summed E-state index contributed by atoms with van der Waals surface area (Å²) in [4.78, 5) is 14.3. The molecule has 8 nitrogen and oxygen atoms in total. The Labute approximate surface area is 253 Å². The summed E-state index contributed by atoms with van der Waals surface area (Å²) in [5, 5.41) is 0.324. The molecule has 1 aliphatic rings. The lowest BCUT2D eigenvalue weighted by Gasteiger charge is -2.26. The summed E-state index contributed by atoms with van der Waals surface area (Å²) in [5.41, 5.74) is 0.437. The zero-order chi connectivity index (χ0) is 30.6. The molecular weight excluding hydrogens is 602 g/mol. The SMILES string of the molecule is CN(CCCOc1ccccc1CN(c1cc(F)ccc1F)S(=O)(=O)c1ccc(Cl)cc1)C(=O)c1ccc2c(c1)OCO2. The lowest BCUT2D eigenvalue weighted by atomic mass is 10.1. The summed E-state index contributed by atoms with van der Waals surface area (Å²) < 4.78 is 74.0. The van der Waals surface area contributed by atoms with Gasteiger partial charge in [-0.3, -0.25) is 9.10 Å². The molecule has 0 radical (unpaired) electrons. The number of ether oxygens (including phenoxy) is 3. The van der Waals surface area contributed by atoms with E-state index in [2.05, 4.69) is 0 Å². The number of fused-ring (bicyclic) bond motifs is 1. The molecule has 0 saturated carbocycles. The predicted molar refractivity (Wildman–Crippen MR) is 157 cm³/mol. The van der Waals surface area contributed by atoms with Crippen LogP contribution in [0.2, 0.25) is 5.02 Å². The summed E-state index contributed by atoms with van der Waals surface area (Å²) in [5.74, 6) is -0.432. The third-order valence-electron chi connectivity index (χ3n) is 6.73. The number of rotatable bonds is 11. The van der Waals surface area contributed by atoms with Gasteiger partial charge in [0.1, 0.15) is 17.4 Å². The van der Waals surface area contributed by atoms with Gasteiger partial charge in [-0.05, 0) is 67.1 Å². The first-order chi connectivity index (χ1) is 20.6. The molecule has 43 heavy (non-hydrogen) atoms. The van der Waals surface area contributed by atoms with Gasteiger partial charge >= 0.3 is 0 Å². The molecule has 0 bridgehead atoms. The second kappa shape index (κ2) is 12.9. The van der Waals surface area contributed by atoms with Gasteiger partial charge in [0.25, 0.3) is 15.9 Å². The Hall–Kier alpha value is -4.35. The molecule has 1 heterocycles. The van der Waals surface area contributed by atoms with Gasteiger partial charge in [0, 0.05) is 35.8 Å². The number of hydrogen-bond acceptors (Lipinski definition) is 6. The third-order valence-corrected chi connectivity index (χ3v) is 8.75. The Kier molecular flexibility index (Phi) is 9.02. The smallest absolute Gasteiger partial charge is 0.264 e. The van der Waals surface area contributed by atoms with Gasteiger partial charge in [0.15, 0.2) is 11.5 Å². The average Bonchev–Trinajstić information content (AvgIpc) is 3.48. The molecule has 12 heteroatoms. The first-order valence-electron chi connectivity index (χ1n) is 13.2. The van der Waals surface area contributed by atoms with Crippen molar-refractivity contribution in [3.8, 4) is 17.2 Å². The topological polar surface area (TPSA) is 85.4 Å². The van der Waals surface area contributed by atoms with Crippen LogP contribution in [0.4, 0.5) is 14.5 Å². The molecule has 5 rings (SSSR count).